The molecule has 3 aromatic carbocycles. The highest BCUT2D eigenvalue weighted by molar-refractivity contribution is 6.52. The molecule has 0 aliphatic carbocycles. The molecular formula is C29H21ClFN7O3. The molecule has 0 saturated heterocycles. The van der Waals surface area contributed by atoms with Crippen molar-refractivity contribution in [3.63, 3.8) is 0 Å². The van der Waals surface area contributed by atoms with Crippen molar-refractivity contribution in [2.75, 3.05) is 16.9 Å². The number of Topliss-reactive ketones (excluding diaryl/α,β-unsaturated/α-hetero) is 1. The monoisotopic (exact) mass is 569 g/mol. The van der Waals surface area contributed by atoms with Crippen LogP contribution < -0.4 is 15.1 Å². The van der Waals surface area contributed by atoms with Gasteiger partial charge in [0.1, 0.15) is 23.9 Å². The van der Waals surface area contributed by atoms with Crippen molar-refractivity contribution in [2.45, 2.75) is 13.2 Å². The Morgan fingerprint density at radius 2 is 1.88 bits per heavy atom. The summed E-state index contributed by atoms with van der Waals surface area (Å²) in [5.74, 6) is -1.32. The number of carbonyl (C=O) groups excluding carboxylic acids is 2. The van der Waals surface area contributed by atoms with E-state index in [9.17, 15) is 14.0 Å². The standard InChI is InChI=1S/C29H21ClFN7O3/c30-19-3-7-23-25(9-10-32-26(23)13-19)35-33-15-18-1-5-22(6-2-18)41-17-21-16-37(36-34-21)11-12-38-27-8-4-20(31)14-24(27)28(39)29(38)40/h1-10,13-16H,11-12,17H2,(H,32,35)/b33-15+. The number of nitrogens with one attached hydrogen (secondary N) is 1. The molecule has 1 amide bonds. The molecule has 6 rings (SSSR count). The van der Waals surface area contributed by atoms with E-state index in [1.54, 1.807) is 29.4 Å². The van der Waals surface area contributed by atoms with Crippen LogP contribution >= 0.6 is 11.6 Å². The van der Waals surface area contributed by atoms with Gasteiger partial charge in [0.05, 0.1) is 41.4 Å². The van der Waals surface area contributed by atoms with Crippen molar-refractivity contribution in [1.82, 2.24) is 20.0 Å². The van der Waals surface area contributed by atoms with Gasteiger partial charge in [0.2, 0.25) is 0 Å². The lowest BCUT2D eigenvalue weighted by Gasteiger charge is -2.15. The van der Waals surface area contributed by atoms with Crippen LogP contribution in [0, 0.1) is 5.82 Å². The van der Waals surface area contributed by atoms with Crippen LogP contribution in [0.15, 0.2) is 84.2 Å². The Morgan fingerprint density at radius 3 is 2.73 bits per heavy atom. The minimum atomic E-state index is -0.714. The second-order valence-electron chi connectivity index (χ2n) is 9.17. The minimum absolute atomic E-state index is 0.0735. The van der Waals surface area contributed by atoms with Gasteiger partial charge < -0.3 is 9.64 Å². The molecule has 0 saturated carbocycles. The zero-order valence-corrected chi connectivity index (χ0v) is 22.1. The summed E-state index contributed by atoms with van der Waals surface area (Å²) >= 11 is 6.05. The Balaban J connectivity index is 1.01. The van der Waals surface area contributed by atoms with Gasteiger partial charge in [-0.3, -0.25) is 24.7 Å². The largest absolute Gasteiger partial charge is 0.487 e. The van der Waals surface area contributed by atoms with Gasteiger partial charge >= 0.3 is 0 Å². The van der Waals surface area contributed by atoms with Crippen molar-refractivity contribution >= 4 is 51.8 Å². The maximum atomic E-state index is 13.5. The Kier molecular flexibility index (Phi) is 7.09. The molecule has 1 N–H and O–H groups in total. The summed E-state index contributed by atoms with van der Waals surface area (Å²) in [5.41, 5.74) is 6.57. The zero-order chi connectivity index (χ0) is 28.3. The van der Waals surface area contributed by atoms with Crippen LogP contribution in [-0.4, -0.2) is 44.4 Å². The van der Waals surface area contributed by atoms with Gasteiger partial charge in [-0.15, -0.1) is 5.10 Å². The lowest BCUT2D eigenvalue weighted by Crippen LogP contribution is -2.32. The fourth-order valence-electron chi connectivity index (χ4n) is 4.41. The molecule has 1 aliphatic heterocycles. The molecule has 0 unspecified atom stereocenters. The number of amides is 1. The number of anilines is 2. The molecule has 0 fully saturated rings. The average molecular weight is 570 g/mol. The van der Waals surface area contributed by atoms with Crippen LogP contribution in [-0.2, 0) is 17.9 Å². The predicted molar refractivity (Wildman–Crippen MR) is 152 cm³/mol. The molecule has 2 aromatic heterocycles. The van der Waals surface area contributed by atoms with Crippen molar-refractivity contribution in [3.8, 4) is 5.75 Å². The normalized spacial score (nSPS) is 12.9. The Bertz CT molecular complexity index is 1810. The third-order valence-electron chi connectivity index (χ3n) is 6.44. The molecule has 12 heteroatoms. The van der Waals surface area contributed by atoms with E-state index in [0.29, 0.717) is 28.7 Å². The van der Waals surface area contributed by atoms with Gasteiger partial charge in [-0.05, 0) is 72.3 Å². The number of rotatable bonds is 9. The Hall–Kier alpha value is -5.16. The molecule has 5 aromatic rings. The van der Waals surface area contributed by atoms with Crippen molar-refractivity contribution in [1.29, 1.82) is 0 Å². The molecule has 41 heavy (non-hydrogen) atoms. The lowest BCUT2D eigenvalue weighted by atomic mass is 10.1. The number of benzene rings is 3. The Morgan fingerprint density at radius 1 is 1.02 bits per heavy atom. The number of nitrogens with zero attached hydrogens (tertiary/aromatic N) is 6. The maximum Gasteiger partial charge on any atom is 0.299 e. The first-order valence-corrected chi connectivity index (χ1v) is 12.9. The number of pyridine rings is 1. The third kappa shape index (κ3) is 5.61. The van der Waals surface area contributed by atoms with Crippen molar-refractivity contribution in [3.05, 3.63) is 107 Å². The molecule has 0 atom stereocenters. The lowest BCUT2D eigenvalue weighted by molar-refractivity contribution is -0.114. The van der Waals surface area contributed by atoms with Gasteiger partial charge in [0, 0.05) is 23.2 Å². The summed E-state index contributed by atoms with van der Waals surface area (Å²) < 4.78 is 20.9. The van der Waals surface area contributed by atoms with E-state index in [2.05, 4.69) is 25.8 Å². The fraction of sp³-hybridized carbons (Fsp3) is 0.103. The summed E-state index contributed by atoms with van der Waals surface area (Å²) in [6, 6.07) is 18.5. The molecule has 204 valence electrons. The van der Waals surface area contributed by atoms with Crippen LogP contribution in [0.2, 0.25) is 5.02 Å². The number of hydrazone groups is 1. The number of fused-ring (bicyclic) bond motifs is 2. The SMILES string of the molecule is O=C1C(=O)N(CCn2cc(COc3ccc(/C=N/Nc4ccnc5cc(Cl)ccc45)cc3)nn2)c2ccc(F)cc21. The number of hydrogen-bond acceptors (Lipinski definition) is 8. The van der Waals surface area contributed by atoms with E-state index in [4.69, 9.17) is 16.3 Å². The smallest absolute Gasteiger partial charge is 0.299 e. The van der Waals surface area contributed by atoms with Crippen LogP contribution in [0.25, 0.3) is 10.9 Å². The first kappa shape index (κ1) is 26.1. The number of ether oxygens (including phenoxy) is 1. The quantitative estimate of drug-likeness (QED) is 0.153. The predicted octanol–water partition coefficient (Wildman–Crippen LogP) is 4.87. The highest BCUT2D eigenvalue weighted by Gasteiger charge is 2.35. The number of halogens is 2. The molecule has 0 radical (unpaired) electrons. The number of carbonyl (C=O) groups is 2. The molecule has 3 heterocycles. The van der Waals surface area contributed by atoms with Crippen LogP contribution in [0.3, 0.4) is 0 Å². The van der Waals surface area contributed by atoms with Crippen molar-refractivity contribution < 1.29 is 18.7 Å². The first-order chi connectivity index (χ1) is 19.9. The molecular weight excluding hydrogens is 549 g/mol. The zero-order valence-electron chi connectivity index (χ0n) is 21.4. The van der Waals surface area contributed by atoms with Gasteiger partial charge in [-0.25, -0.2) is 4.39 Å². The topological polar surface area (TPSA) is 115 Å². The number of ketones is 1. The molecule has 0 spiro atoms. The summed E-state index contributed by atoms with van der Waals surface area (Å²) in [6.07, 6.45) is 5.10. The average Bonchev–Trinajstić information content (AvgIpc) is 3.53. The molecule has 1 aliphatic rings. The van der Waals surface area contributed by atoms with Crippen LogP contribution in [0.1, 0.15) is 21.6 Å². The highest BCUT2D eigenvalue weighted by atomic mass is 35.5. The second-order valence-corrected chi connectivity index (χ2v) is 9.60. The van der Waals surface area contributed by atoms with E-state index in [1.165, 1.54) is 17.0 Å². The van der Waals surface area contributed by atoms with E-state index >= 15 is 0 Å². The van der Waals surface area contributed by atoms with E-state index in [0.717, 1.165) is 28.2 Å². The highest BCUT2D eigenvalue weighted by Crippen LogP contribution is 2.29. The van der Waals surface area contributed by atoms with Crippen molar-refractivity contribution in [2.24, 2.45) is 5.10 Å². The fourth-order valence-corrected chi connectivity index (χ4v) is 4.58. The maximum absolute atomic E-state index is 13.5. The Labute approximate surface area is 238 Å². The molecule has 10 nitrogen and oxygen atoms in total. The summed E-state index contributed by atoms with van der Waals surface area (Å²) in [7, 11) is 0. The first-order valence-electron chi connectivity index (χ1n) is 12.6. The molecule has 0 bridgehead atoms. The third-order valence-corrected chi connectivity index (χ3v) is 6.68. The number of aromatic nitrogens is 4. The summed E-state index contributed by atoms with van der Waals surface area (Å²) in [4.78, 5) is 30.1. The summed E-state index contributed by atoms with van der Waals surface area (Å²) in [6.45, 7) is 0.682. The van der Waals surface area contributed by atoms with Gasteiger partial charge in [-0.2, -0.15) is 5.10 Å². The van der Waals surface area contributed by atoms with Gasteiger partial charge in [-0.1, -0.05) is 16.8 Å². The van der Waals surface area contributed by atoms with Gasteiger partial charge in [0.15, 0.2) is 0 Å². The van der Waals surface area contributed by atoms with E-state index in [-0.39, 0.29) is 18.7 Å². The minimum Gasteiger partial charge on any atom is -0.487 e. The van der Waals surface area contributed by atoms with Gasteiger partial charge in [0.25, 0.3) is 11.7 Å². The van der Waals surface area contributed by atoms with Crippen LogP contribution in [0.4, 0.5) is 15.8 Å². The van der Waals surface area contributed by atoms with E-state index in [1.807, 2.05) is 42.5 Å². The number of hydrogen-bond donors (Lipinski definition) is 1. The second kappa shape index (κ2) is 11.1. The summed E-state index contributed by atoms with van der Waals surface area (Å²) in [5, 5.41) is 14.0. The van der Waals surface area contributed by atoms with E-state index < -0.39 is 17.5 Å². The van der Waals surface area contributed by atoms with Crippen LogP contribution in [0.5, 0.6) is 5.75 Å².